The Kier molecular flexibility index (Phi) is 5.31. The van der Waals surface area contributed by atoms with E-state index >= 15 is 0 Å². The highest BCUT2D eigenvalue weighted by Crippen LogP contribution is 2.15. The van der Waals surface area contributed by atoms with Gasteiger partial charge in [0.25, 0.3) is 5.91 Å². The summed E-state index contributed by atoms with van der Waals surface area (Å²) in [5.41, 5.74) is 0.596. The van der Waals surface area contributed by atoms with Gasteiger partial charge in [-0.3, -0.25) is 9.52 Å². The highest BCUT2D eigenvalue weighted by molar-refractivity contribution is 7.92. The van der Waals surface area contributed by atoms with E-state index in [2.05, 4.69) is 10.0 Å². The summed E-state index contributed by atoms with van der Waals surface area (Å²) in [7, 11) is 0.411. The summed E-state index contributed by atoms with van der Waals surface area (Å²) in [6, 6.07) is 6.50. The van der Waals surface area contributed by atoms with Crippen molar-refractivity contribution in [1.82, 2.24) is 10.2 Å². The Hall–Kier alpha value is -1.60. The van der Waals surface area contributed by atoms with Crippen molar-refractivity contribution in [3.8, 4) is 0 Å². The minimum Gasteiger partial charge on any atom is -0.351 e. The zero-order chi connectivity index (χ0) is 14.5. The van der Waals surface area contributed by atoms with Crippen molar-refractivity contribution in [2.45, 2.75) is 0 Å². The topological polar surface area (TPSA) is 78.5 Å². The van der Waals surface area contributed by atoms with Gasteiger partial charge in [-0.2, -0.15) is 0 Å². The molecule has 2 N–H and O–H groups in total. The summed E-state index contributed by atoms with van der Waals surface area (Å²) in [4.78, 5) is 13.9. The second kappa shape index (κ2) is 6.53. The van der Waals surface area contributed by atoms with Crippen LogP contribution in [0.25, 0.3) is 0 Å². The van der Waals surface area contributed by atoms with E-state index in [-0.39, 0.29) is 11.6 Å². The highest BCUT2D eigenvalue weighted by atomic mass is 32.2. The second-order valence-electron chi connectivity index (χ2n) is 4.48. The molecule has 0 unspecified atom stereocenters. The fourth-order valence-corrected chi connectivity index (χ4v) is 2.04. The Morgan fingerprint density at radius 3 is 2.47 bits per heavy atom. The van der Waals surface area contributed by atoms with Crippen molar-refractivity contribution >= 4 is 21.6 Å². The standard InChI is InChI=1S/C12H19N3O3S/c1-15(2)9-8-13-12(16)10-6-4-5-7-11(10)14-19(3,17)18/h4-7,14H,8-9H2,1-3H3,(H,13,16). The maximum atomic E-state index is 12.0. The lowest BCUT2D eigenvalue weighted by Gasteiger charge is -2.13. The molecule has 0 bridgehead atoms. The molecule has 1 rings (SSSR count). The molecule has 0 spiro atoms. The number of hydrogen-bond donors (Lipinski definition) is 2. The number of hydrogen-bond acceptors (Lipinski definition) is 4. The summed E-state index contributed by atoms with van der Waals surface area (Å²) in [5.74, 6) is -0.298. The van der Waals surface area contributed by atoms with Crippen molar-refractivity contribution < 1.29 is 13.2 Å². The van der Waals surface area contributed by atoms with E-state index < -0.39 is 10.0 Å². The monoisotopic (exact) mass is 285 g/mol. The third-order valence-corrected chi connectivity index (χ3v) is 2.90. The van der Waals surface area contributed by atoms with E-state index in [9.17, 15) is 13.2 Å². The average molecular weight is 285 g/mol. The zero-order valence-corrected chi connectivity index (χ0v) is 12.1. The first kappa shape index (κ1) is 15.5. The van der Waals surface area contributed by atoms with E-state index in [1.807, 2.05) is 19.0 Å². The van der Waals surface area contributed by atoms with Gasteiger partial charge in [0.2, 0.25) is 10.0 Å². The van der Waals surface area contributed by atoms with Crippen molar-refractivity contribution in [1.29, 1.82) is 0 Å². The normalized spacial score (nSPS) is 11.4. The fraction of sp³-hybridized carbons (Fsp3) is 0.417. The lowest BCUT2D eigenvalue weighted by molar-refractivity contribution is 0.0952. The number of carbonyl (C=O) groups is 1. The molecule has 0 heterocycles. The SMILES string of the molecule is CN(C)CCNC(=O)c1ccccc1NS(C)(=O)=O. The lowest BCUT2D eigenvalue weighted by atomic mass is 10.1. The first-order valence-corrected chi connectivity index (χ1v) is 7.68. The molecule has 0 fully saturated rings. The number of sulfonamides is 1. The lowest BCUT2D eigenvalue weighted by Crippen LogP contribution is -2.31. The number of amides is 1. The minimum atomic E-state index is -3.41. The first-order chi connectivity index (χ1) is 8.79. The van der Waals surface area contributed by atoms with E-state index in [0.717, 1.165) is 6.26 Å². The van der Waals surface area contributed by atoms with Crippen LogP contribution in [0.1, 0.15) is 10.4 Å². The van der Waals surface area contributed by atoms with Crippen molar-refractivity contribution in [3.05, 3.63) is 29.8 Å². The third kappa shape index (κ3) is 5.71. The highest BCUT2D eigenvalue weighted by Gasteiger charge is 2.13. The Morgan fingerprint density at radius 1 is 1.26 bits per heavy atom. The molecule has 106 valence electrons. The number of likely N-dealkylation sites (N-methyl/N-ethyl adjacent to an activating group) is 1. The van der Waals surface area contributed by atoms with Gasteiger partial charge in [0.05, 0.1) is 17.5 Å². The van der Waals surface area contributed by atoms with Crippen LogP contribution in [0, 0.1) is 0 Å². The average Bonchev–Trinajstić information content (AvgIpc) is 2.26. The molecule has 0 aromatic heterocycles. The van der Waals surface area contributed by atoms with Gasteiger partial charge in [-0.1, -0.05) is 12.1 Å². The predicted octanol–water partition coefficient (Wildman–Crippen LogP) is 0.349. The number of benzene rings is 1. The maximum Gasteiger partial charge on any atom is 0.253 e. The van der Waals surface area contributed by atoms with E-state index in [4.69, 9.17) is 0 Å². The molecule has 7 heteroatoms. The Labute approximate surface area is 113 Å². The summed E-state index contributed by atoms with van der Waals surface area (Å²) in [6.45, 7) is 1.21. The van der Waals surface area contributed by atoms with Crippen LogP contribution in [0.2, 0.25) is 0 Å². The molecule has 0 saturated heterocycles. The van der Waals surface area contributed by atoms with Crippen molar-refractivity contribution in [2.24, 2.45) is 0 Å². The second-order valence-corrected chi connectivity index (χ2v) is 6.23. The molecule has 0 aliphatic rings. The Morgan fingerprint density at radius 2 is 1.89 bits per heavy atom. The van der Waals surface area contributed by atoms with Crippen LogP contribution in [0.5, 0.6) is 0 Å². The van der Waals surface area contributed by atoms with E-state index in [1.54, 1.807) is 24.3 Å². The first-order valence-electron chi connectivity index (χ1n) is 5.79. The Balaban J connectivity index is 2.79. The van der Waals surface area contributed by atoms with Crippen LogP contribution in [0.15, 0.2) is 24.3 Å². The van der Waals surface area contributed by atoms with Crippen LogP contribution < -0.4 is 10.0 Å². The number of rotatable bonds is 6. The molecule has 1 aromatic carbocycles. The number of carbonyl (C=O) groups excluding carboxylic acids is 1. The molecule has 0 atom stereocenters. The summed E-state index contributed by atoms with van der Waals surface area (Å²) in [5, 5.41) is 2.74. The van der Waals surface area contributed by atoms with Gasteiger partial charge in [-0.25, -0.2) is 8.42 Å². The van der Waals surface area contributed by atoms with Crippen molar-refractivity contribution in [3.63, 3.8) is 0 Å². The van der Waals surface area contributed by atoms with Gasteiger partial charge in [0.1, 0.15) is 0 Å². The molecule has 0 aliphatic carbocycles. The van der Waals surface area contributed by atoms with Crippen LogP contribution in [0.3, 0.4) is 0 Å². The largest absolute Gasteiger partial charge is 0.351 e. The molecular weight excluding hydrogens is 266 g/mol. The molecule has 0 saturated carbocycles. The van der Waals surface area contributed by atoms with Gasteiger partial charge >= 0.3 is 0 Å². The summed E-state index contributed by atoms with van der Waals surface area (Å²) < 4.78 is 24.8. The predicted molar refractivity (Wildman–Crippen MR) is 75.8 cm³/mol. The molecule has 1 amide bonds. The minimum absolute atomic E-state index is 0.285. The van der Waals surface area contributed by atoms with E-state index in [0.29, 0.717) is 18.7 Å². The number of nitrogens with one attached hydrogen (secondary N) is 2. The van der Waals surface area contributed by atoms with Crippen molar-refractivity contribution in [2.75, 3.05) is 38.2 Å². The van der Waals surface area contributed by atoms with Gasteiger partial charge in [-0.05, 0) is 26.2 Å². The molecule has 19 heavy (non-hydrogen) atoms. The summed E-state index contributed by atoms with van der Waals surface area (Å²) in [6.07, 6.45) is 1.05. The van der Waals surface area contributed by atoms with Gasteiger partial charge in [-0.15, -0.1) is 0 Å². The van der Waals surface area contributed by atoms with Gasteiger partial charge in [0, 0.05) is 13.1 Å². The molecule has 6 nitrogen and oxygen atoms in total. The number of nitrogens with zero attached hydrogens (tertiary/aromatic N) is 1. The quantitative estimate of drug-likeness (QED) is 0.790. The molecule has 0 radical (unpaired) electrons. The van der Waals surface area contributed by atoms with Crippen LogP contribution in [0.4, 0.5) is 5.69 Å². The number of para-hydroxylation sites is 1. The van der Waals surface area contributed by atoms with Gasteiger partial charge in [0.15, 0.2) is 0 Å². The smallest absolute Gasteiger partial charge is 0.253 e. The fourth-order valence-electron chi connectivity index (χ4n) is 1.46. The maximum absolute atomic E-state index is 12.0. The third-order valence-electron chi connectivity index (χ3n) is 2.31. The Bertz CT molecular complexity index is 541. The number of anilines is 1. The molecule has 0 aliphatic heterocycles. The van der Waals surface area contributed by atoms with E-state index in [1.165, 1.54) is 0 Å². The van der Waals surface area contributed by atoms with Crippen LogP contribution >= 0.6 is 0 Å². The van der Waals surface area contributed by atoms with Crippen LogP contribution in [-0.2, 0) is 10.0 Å². The zero-order valence-electron chi connectivity index (χ0n) is 11.3. The summed E-state index contributed by atoms with van der Waals surface area (Å²) >= 11 is 0. The molecule has 1 aromatic rings. The van der Waals surface area contributed by atoms with Crippen LogP contribution in [-0.4, -0.2) is 52.7 Å². The van der Waals surface area contributed by atoms with Gasteiger partial charge < -0.3 is 10.2 Å². The molecular formula is C12H19N3O3S.